The van der Waals surface area contributed by atoms with E-state index in [0.717, 1.165) is 0 Å². The van der Waals surface area contributed by atoms with Crippen molar-refractivity contribution < 1.29 is 13.9 Å². The molecule has 1 aliphatic rings. The number of morpholine rings is 1. The quantitative estimate of drug-likeness (QED) is 0.768. The molecule has 5 heteroatoms. The van der Waals surface area contributed by atoms with Crippen molar-refractivity contribution in [2.45, 2.75) is 6.54 Å². The summed E-state index contributed by atoms with van der Waals surface area (Å²) in [4.78, 5) is 13.0. The number of ether oxygens (including phenoxy) is 1. The molecule has 0 N–H and O–H groups in total. The lowest BCUT2D eigenvalue weighted by Gasteiger charge is -2.26. The van der Waals surface area contributed by atoms with Crippen LogP contribution >= 0.6 is 0 Å². The maximum atomic E-state index is 13.6. The molecule has 88 valence electrons. The first-order valence-electron chi connectivity index (χ1n) is 5.25. The fraction of sp³-hybridized carbons (Fsp3) is 0.333. The first-order valence-corrected chi connectivity index (χ1v) is 5.25. The highest BCUT2D eigenvalue weighted by molar-refractivity contribution is 5.78. The summed E-state index contributed by atoms with van der Waals surface area (Å²) in [5.41, 5.74) is 0.693. The number of rotatable bonds is 2. The van der Waals surface area contributed by atoms with Crippen LogP contribution in [-0.2, 0) is 16.1 Å². The van der Waals surface area contributed by atoms with Gasteiger partial charge in [0.15, 0.2) is 0 Å². The Labute approximate surface area is 98.2 Å². The van der Waals surface area contributed by atoms with Crippen LogP contribution in [0.15, 0.2) is 18.2 Å². The molecule has 2 rings (SSSR count). The van der Waals surface area contributed by atoms with Crippen LogP contribution < -0.4 is 0 Å². The fourth-order valence-corrected chi connectivity index (χ4v) is 1.67. The molecule has 0 atom stereocenters. The van der Waals surface area contributed by atoms with Crippen molar-refractivity contribution in [3.8, 4) is 6.07 Å². The molecule has 1 aromatic carbocycles. The Morgan fingerprint density at radius 2 is 2.35 bits per heavy atom. The Morgan fingerprint density at radius 1 is 1.53 bits per heavy atom. The third-order valence-electron chi connectivity index (χ3n) is 2.63. The van der Waals surface area contributed by atoms with E-state index in [1.54, 1.807) is 11.0 Å². The number of carbonyl (C=O) groups excluding carboxylic acids is 1. The molecule has 0 saturated carbocycles. The van der Waals surface area contributed by atoms with Gasteiger partial charge in [0.25, 0.3) is 0 Å². The lowest BCUT2D eigenvalue weighted by molar-refractivity contribution is -0.143. The normalized spacial score (nSPS) is 15.8. The number of halogens is 1. The van der Waals surface area contributed by atoms with Crippen molar-refractivity contribution in [3.63, 3.8) is 0 Å². The number of nitrogens with zero attached hydrogens (tertiary/aromatic N) is 2. The molecular formula is C12H11FN2O2. The molecule has 0 spiro atoms. The molecule has 0 radical (unpaired) electrons. The van der Waals surface area contributed by atoms with Crippen molar-refractivity contribution in [1.82, 2.24) is 4.90 Å². The van der Waals surface area contributed by atoms with E-state index in [9.17, 15) is 9.18 Å². The zero-order valence-electron chi connectivity index (χ0n) is 9.15. The Balaban J connectivity index is 2.13. The zero-order chi connectivity index (χ0) is 12.3. The highest BCUT2D eigenvalue weighted by Crippen LogP contribution is 2.13. The zero-order valence-corrected chi connectivity index (χ0v) is 9.15. The molecule has 0 unspecified atom stereocenters. The number of benzene rings is 1. The highest BCUT2D eigenvalue weighted by atomic mass is 19.1. The third kappa shape index (κ3) is 2.60. The summed E-state index contributed by atoms with van der Waals surface area (Å²) in [5, 5.41) is 8.62. The predicted molar refractivity (Wildman–Crippen MR) is 57.4 cm³/mol. The van der Waals surface area contributed by atoms with Crippen LogP contribution in [0.25, 0.3) is 0 Å². The number of amides is 1. The smallest absolute Gasteiger partial charge is 0.248 e. The van der Waals surface area contributed by atoms with Gasteiger partial charge in [0.1, 0.15) is 12.4 Å². The van der Waals surface area contributed by atoms with Crippen LogP contribution in [-0.4, -0.2) is 30.6 Å². The van der Waals surface area contributed by atoms with E-state index in [-0.39, 0.29) is 24.6 Å². The van der Waals surface area contributed by atoms with E-state index in [4.69, 9.17) is 10.00 Å². The summed E-state index contributed by atoms with van der Waals surface area (Å²) in [7, 11) is 0. The van der Waals surface area contributed by atoms with E-state index in [2.05, 4.69) is 0 Å². The minimum Gasteiger partial charge on any atom is -0.370 e. The van der Waals surface area contributed by atoms with E-state index in [1.165, 1.54) is 12.1 Å². The van der Waals surface area contributed by atoms with Crippen LogP contribution in [0.3, 0.4) is 0 Å². The molecule has 1 aliphatic heterocycles. The summed E-state index contributed by atoms with van der Waals surface area (Å²) in [6.07, 6.45) is 0. The number of nitriles is 1. The number of hydrogen-bond acceptors (Lipinski definition) is 3. The first kappa shape index (κ1) is 11.6. The molecule has 0 bridgehead atoms. The average Bonchev–Trinajstić information content (AvgIpc) is 2.34. The maximum Gasteiger partial charge on any atom is 0.248 e. The van der Waals surface area contributed by atoms with Gasteiger partial charge in [-0.05, 0) is 12.1 Å². The van der Waals surface area contributed by atoms with Crippen LogP contribution in [0.1, 0.15) is 11.1 Å². The van der Waals surface area contributed by atoms with Gasteiger partial charge in [-0.2, -0.15) is 5.26 Å². The van der Waals surface area contributed by atoms with Gasteiger partial charge in [-0.15, -0.1) is 0 Å². The molecule has 1 aromatic rings. The topological polar surface area (TPSA) is 53.3 Å². The van der Waals surface area contributed by atoms with Gasteiger partial charge in [-0.3, -0.25) is 4.79 Å². The van der Waals surface area contributed by atoms with Gasteiger partial charge in [0.2, 0.25) is 5.91 Å². The van der Waals surface area contributed by atoms with Crippen LogP contribution in [0, 0.1) is 17.1 Å². The number of carbonyl (C=O) groups is 1. The predicted octanol–water partition coefficient (Wildman–Crippen LogP) is 1.06. The van der Waals surface area contributed by atoms with Crippen molar-refractivity contribution >= 4 is 5.91 Å². The Morgan fingerprint density at radius 3 is 3.00 bits per heavy atom. The molecule has 1 saturated heterocycles. The summed E-state index contributed by atoms with van der Waals surface area (Å²) in [5.74, 6) is -0.594. The summed E-state index contributed by atoms with van der Waals surface area (Å²) in [6.45, 7) is 1.22. The Bertz CT molecular complexity index is 482. The van der Waals surface area contributed by atoms with Crippen molar-refractivity contribution in [2.75, 3.05) is 19.8 Å². The maximum absolute atomic E-state index is 13.6. The van der Waals surface area contributed by atoms with E-state index in [0.29, 0.717) is 18.7 Å². The third-order valence-corrected chi connectivity index (χ3v) is 2.63. The SMILES string of the molecule is N#Cc1ccc(CN2CCOCC2=O)c(F)c1. The molecular weight excluding hydrogens is 223 g/mol. The summed E-state index contributed by atoms with van der Waals surface area (Å²) >= 11 is 0. The van der Waals surface area contributed by atoms with Crippen molar-refractivity contribution in [1.29, 1.82) is 5.26 Å². The van der Waals surface area contributed by atoms with Gasteiger partial charge < -0.3 is 9.64 Å². The molecule has 4 nitrogen and oxygen atoms in total. The van der Waals surface area contributed by atoms with E-state index in [1.807, 2.05) is 6.07 Å². The van der Waals surface area contributed by atoms with Crippen molar-refractivity contribution in [3.05, 3.63) is 35.1 Å². The minimum absolute atomic E-state index is 0.0535. The first-order chi connectivity index (χ1) is 8.20. The van der Waals surface area contributed by atoms with Crippen LogP contribution in [0.2, 0.25) is 0 Å². The molecule has 0 aliphatic carbocycles. The molecule has 1 heterocycles. The molecule has 1 fully saturated rings. The van der Waals surface area contributed by atoms with Crippen molar-refractivity contribution in [2.24, 2.45) is 0 Å². The Hall–Kier alpha value is -1.93. The summed E-state index contributed by atoms with van der Waals surface area (Å²) in [6, 6.07) is 6.13. The second-order valence-electron chi connectivity index (χ2n) is 3.79. The number of hydrogen-bond donors (Lipinski definition) is 0. The van der Waals surface area contributed by atoms with Gasteiger partial charge in [0.05, 0.1) is 18.2 Å². The van der Waals surface area contributed by atoms with Gasteiger partial charge in [-0.1, -0.05) is 6.07 Å². The minimum atomic E-state index is -0.455. The standard InChI is InChI=1S/C12H11FN2O2/c13-11-5-9(6-14)1-2-10(11)7-15-3-4-17-8-12(15)16/h1-2,5H,3-4,7-8H2. The molecule has 1 amide bonds. The van der Waals surface area contributed by atoms with E-state index >= 15 is 0 Å². The Kier molecular flexibility index (Phi) is 3.35. The van der Waals surface area contributed by atoms with Gasteiger partial charge in [0, 0.05) is 18.7 Å². The highest BCUT2D eigenvalue weighted by Gasteiger charge is 2.19. The average molecular weight is 234 g/mol. The summed E-state index contributed by atoms with van der Waals surface area (Å²) < 4.78 is 18.6. The van der Waals surface area contributed by atoms with Crippen LogP contribution in [0.4, 0.5) is 4.39 Å². The second-order valence-corrected chi connectivity index (χ2v) is 3.79. The lowest BCUT2D eigenvalue weighted by Crippen LogP contribution is -2.41. The largest absolute Gasteiger partial charge is 0.370 e. The van der Waals surface area contributed by atoms with E-state index < -0.39 is 5.82 Å². The van der Waals surface area contributed by atoms with Gasteiger partial charge in [-0.25, -0.2) is 4.39 Å². The molecule has 0 aromatic heterocycles. The van der Waals surface area contributed by atoms with Gasteiger partial charge >= 0.3 is 0 Å². The lowest BCUT2D eigenvalue weighted by atomic mass is 10.1. The monoisotopic (exact) mass is 234 g/mol. The molecule has 17 heavy (non-hydrogen) atoms. The van der Waals surface area contributed by atoms with Crippen LogP contribution in [0.5, 0.6) is 0 Å². The second kappa shape index (κ2) is 4.93. The fourth-order valence-electron chi connectivity index (χ4n) is 1.67.